The predicted molar refractivity (Wildman–Crippen MR) is 77.4 cm³/mol. The summed E-state index contributed by atoms with van der Waals surface area (Å²) in [5.74, 6) is -1.38. The number of aromatic carboxylic acids is 1. The van der Waals surface area contributed by atoms with Crippen LogP contribution in [0.3, 0.4) is 0 Å². The molecule has 1 aromatic heterocycles. The number of nitrogens with two attached hydrogens (primary N) is 1. The molecule has 0 spiro atoms. The summed E-state index contributed by atoms with van der Waals surface area (Å²) in [6.07, 6.45) is 0. The van der Waals surface area contributed by atoms with Gasteiger partial charge in [-0.3, -0.25) is 4.79 Å². The Hall–Kier alpha value is -2.41. The minimum Gasteiger partial charge on any atom is -0.478 e. The van der Waals surface area contributed by atoms with Gasteiger partial charge in [0.15, 0.2) is 5.13 Å². The summed E-state index contributed by atoms with van der Waals surface area (Å²) in [7, 11) is 0. The van der Waals surface area contributed by atoms with E-state index in [4.69, 9.17) is 10.8 Å². The quantitative estimate of drug-likeness (QED) is 0.804. The molecule has 1 heterocycles. The molecule has 0 aliphatic heterocycles. The lowest BCUT2D eigenvalue weighted by atomic mass is 10.1. The van der Waals surface area contributed by atoms with E-state index in [0.717, 1.165) is 11.3 Å². The van der Waals surface area contributed by atoms with E-state index in [-0.39, 0.29) is 11.5 Å². The Kier molecular flexibility index (Phi) is 3.71. The number of hydrogen-bond acceptors (Lipinski definition) is 5. The predicted octanol–water partition coefficient (Wildman–Crippen LogP) is 2.29. The molecule has 0 saturated heterocycles. The third-order valence-electron chi connectivity index (χ3n) is 2.83. The minimum atomic E-state index is -1.03. The van der Waals surface area contributed by atoms with E-state index in [1.807, 2.05) is 0 Å². The highest BCUT2D eigenvalue weighted by Gasteiger charge is 2.17. The fraction of sp³-hybridized carbons (Fsp3) is 0.154. The van der Waals surface area contributed by atoms with Crippen molar-refractivity contribution in [2.24, 2.45) is 0 Å². The van der Waals surface area contributed by atoms with Crippen molar-refractivity contribution in [2.75, 3.05) is 11.1 Å². The fourth-order valence-corrected chi connectivity index (χ4v) is 2.54. The Morgan fingerprint density at radius 3 is 2.60 bits per heavy atom. The van der Waals surface area contributed by atoms with Crippen LogP contribution < -0.4 is 11.1 Å². The molecule has 1 amide bonds. The number of thiazole rings is 1. The van der Waals surface area contributed by atoms with Gasteiger partial charge in [0.2, 0.25) is 0 Å². The van der Waals surface area contributed by atoms with Gasteiger partial charge in [-0.2, -0.15) is 0 Å². The number of nitrogen functional groups attached to an aromatic ring is 1. The standard InChI is InChI=1S/C13H13N3O3S/c1-6-8(12(18)19)4-3-5-9(6)16-11(17)10-7(2)15-13(14)20-10/h3-5H,1-2H3,(H2,14,15)(H,16,17)(H,18,19). The van der Waals surface area contributed by atoms with Gasteiger partial charge in [0, 0.05) is 5.69 Å². The lowest BCUT2D eigenvalue weighted by Crippen LogP contribution is -2.13. The number of carbonyl (C=O) groups is 2. The van der Waals surface area contributed by atoms with Crippen molar-refractivity contribution in [2.45, 2.75) is 13.8 Å². The summed E-state index contributed by atoms with van der Waals surface area (Å²) in [4.78, 5) is 27.6. The second kappa shape index (κ2) is 5.30. The molecule has 0 aliphatic carbocycles. The van der Waals surface area contributed by atoms with E-state index in [0.29, 0.717) is 27.0 Å². The molecule has 0 bridgehead atoms. The number of anilines is 2. The van der Waals surface area contributed by atoms with Crippen molar-refractivity contribution in [3.05, 3.63) is 39.9 Å². The van der Waals surface area contributed by atoms with Crippen LogP contribution in [0.5, 0.6) is 0 Å². The molecule has 0 aliphatic rings. The number of amides is 1. The van der Waals surface area contributed by atoms with Crippen molar-refractivity contribution in [1.82, 2.24) is 4.98 Å². The van der Waals surface area contributed by atoms with Crippen LogP contribution in [0.1, 0.15) is 31.3 Å². The number of carboxylic acids is 1. The smallest absolute Gasteiger partial charge is 0.336 e. The lowest BCUT2D eigenvalue weighted by Gasteiger charge is -2.09. The van der Waals surface area contributed by atoms with E-state index in [1.54, 1.807) is 26.0 Å². The molecule has 0 atom stereocenters. The van der Waals surface area contributed by atoms with Gasteiger partial charge in [0.05, 0.1) is 11.3 Å². The Morgan fingerprint density at radius 1 is 1.35 bits per heavy atom. The van der Waals surface area contributed by atoms with Crippen LogP contribution in [0.4, 0.5) is 10.8 Å². The number of benzene rings is 1. The highest BCUT2D eigenvalue weighted by molar-refractivity contribution is 7.17. The average molecular weight is 291 g/mol. The van der Waals surface area contributed by atoms with Crippen LogP contribution in [0.25, 0.3) is 0 Å². The van der Waals surface area contributed by atoms with Crippen molar-refractivity contribution in [3.63, 3.8) is 0 Å². The zero-order valence-corrected chi connectivity index (χ0v) is 11.7. The van der Waals surface area contributed by atoms with Crippen LogP contribution in [0.15, 0.2) is 18.2 Å². The summed E-state index contributed by atoms with van der Waals surface area (Å²) in [5.41, 5.74) is 7.23. The first-order chi connectivity index (χ1) is 9.40. The van der Waals surface area contributed by atoms with Gasteiger partial charge in [-0.25, -0.2) is 9.78 Å². The Bertz CT molecular complexity index is 694. The molecule has 1 aromatic carbocycles. The van der Waals surface area contributed by atoms with Gasteiger partial charge in [-0.15, -0.1) is 0 Å². The van der Waals surface area contributed by atoms with E-state index < -0.39 is 5.97 Å². The molecule has 0 saturated carbocycles. The molecule has 4 N–H and O–H groups in total. The average Bonchev–Trinajstić information content (AvgIpc) is 2.70. The summed E-state index contributed by atoms with van der Waals surface area (Å²) in [5, 5.41) is 12.1. The van der Waals surface area contributed by atoms with Gasteiger partial charge in [-0.1, -0.05) is 17.4 Å². The monoisotopic (exact) mass is 291 g/mol. The van der Waals surface area contributed by atoms with Gasteiger partial charge in [0.1, 0.15) is 4.88 Å². The normalized spacial score (nSPS) is 10.3. The third-order valence-corrected chi connectivity index (χ3v) is 3.82. The summed E-state index contributed by atoms with van der Waals surface area (Å²) in [6.45, 7) is 3.34. The second-order valence-corrected chi connectivity index (χ2v) is 5.23. The van der Waals surface area contributed by atoms with Crippen LogP contribution in [0.2, 0.25) is 0 Å². The Labute approximate surface area is 119 Å². The fourth-order valence-electron chi connectivity index (χ4n) is 1.81. The summed E-state index contributed by atoms with van der Waals surface area (Å²) < 4.78 is 0. The maximum Gasteiger partial charge on any atom is 0.336 e. The molecule has 0 unspecified atom stereocenters. The molecule has 2 rings (SSSR count). The molecule has 0 radical (unpaired) electrons. The number of carbonyl (C=O) groups excluding carboxylic acids is 1. The van der Waals surface area contributed by atoms with Crippen molar-refractivity contribution in [1.29, 1.82) is 0 Å². The highest BCUT2D eigenvalue weighted by Crippen LogP contribution is 2.23. The van der Waals surface area contributed by atoms with Crippen LogP contribution in [-0.4, -0.2) is 22.0 Å². The molecule has 2 aromatic rings. The van der Waals surface area contributed by atoms with Crippen LogP contribution >= 0.6 is 11.3 Å². The van der Waals surface area contributed by atoms with Crippen molar-refractivity contribution < 1.29 is 14.7 Å². The number of carboxylic acid groups (broad SMARTS) is 1. The Balaban J connectivity index is 2.31. The SMILES string of the molecule is Cc1nc(N)sc1C(=O)Nc1cccc(C(=O)O)c1C. The number of rotatable bonds is 3. The first-order valence-electron chi connectivity index (χ1n) is 5.77. The molecule has 6 nitrogen and oxygen atoms in total. The van der Waals surface area contributed by atoms with Gasteiger partial charge >= 0.3 is 5.97 Å². The lowest BCUT2D eigenvalue weighted by molar-refractivity contribution is 0.0695. The number of nitrogens with zero attached hydrogens (tertiary/aromatic N) is 1. The zero-order valence-electron chi connectivity index (χ0n) is 10.9. The second-order valence-electron chi connectivity index (χ2n) is 4.20. The van der Waals surface area contributed by atoms with E-state index in [9.17, 15) is 9.59 Å². The zero-order chi connectivity index (χ0) is 14.9. The van der Waals surface area contributed by atoms with Gasteiger partial charge in [-0.05, 0) is 31.5 Å². The molecular formula is C13H13N3O3S. The van der Waals surface area contributed by atoms with E-state index >= 15 is 0 Å². The van der Waals surface area contributed by atoms with Crippen molar-refractivity contribution >= 4 is 34.0 Å². The first-order valence-corrected chi connectivity index (χ1v) is 6.59. The summed E-state index contributed by atoms with van der Waals surface area (Å²) in [6, 6.07) is 4.72. The van der Waals surface area contributed by atoms with E-state index in [2.05, 4.69) is 10.3 Å². The number of hydrogen-bond donors (Lipinski definition) is 3. The van der Waals surface area contributed by atoms with Crippen LogP contribution in [0, 0.1) is 13.8 Å². The minimum absolute atomic E-state index is 0.156. The van der Waals surface area contributed by atoms with E-state index in [1.165, 1.54) is 6.07 Å². The highest BCUT2D eigenvalue weighted by atomic mass is 32.1. The maximum absolute atomic E-state index is 12.1. The molecule has 7 heteroatoms. The topological polar surface area (TPSA) is 105 Å². The molecule has 104 valence electrons. The number of aromatic nitrogens is 1. The molecule has 0 fully saturated rings. The number of aryl methyl sites for hydroxylation is 1. The van der Waals surface area contributed by atoms with Gasteiger partial charge < -0.3 is 16.2 Å². The van der Waals surface area contributed by atoms with Crippen molar-refractivity contribution in [3.8, 4) is 0 Å². The van der Waals surface area contributed by atoms with Gasteiger partial charge in [0.25, 0.3) is 5.91 Å². The summed E-state index contributed by atoms with van der Waals surface area (Å²) >= 11 is 1.10. The Morgan fingerprint density at radius 2 is 2.05 bits per heavy atom. The van der Waals surface area contributed by atoms with Crippen LogP contribution in [-0.2, 0) is 0 Å². The number of nitrogens with one attached hydrogen (secondary N) is 1. The molecule has 20 heavy (non-hydrogen) atoms. The largest absolute Gasteiger partial charge is 0.478 e. The third kappa shape index (κ3) is 2.62. The molecular weight excluding hydrogens is 278 g/mol. The maximum atomic E-state index is 12.1. The first kappa shape index (κ1) is 14.0.